The second-order valence-electron chi connectivity index (χ2n) is 0. The number of rotatable bonds is 0. The summed E-state index contributed by atoms with van der Waals surface area (Å²) in [6.07, 6.45) is 0. The van der Waals surface area contributed by atoms with Crippen LogP contribution in [-0.2, 0) is 23.7 Å². The molecule has 0 aliphatic rings. The fraction of sp³-hybridized carbons (Fsp3) is 0. The first-order chi connectivity index (χ1) is 2.00. The zero-order chi connectivity index (χ0) is 4.00. The van der Waals surface area contributed by atoms with Crippen molar-refractivity contribution in [3.05, 3.63) is 0 Å². The van der Waals surface area contributed by atoms with E-state index in [-0.39, 0.29) is 35.6 Å². The molecular weight excluding hydrogens is 261 g/mol. The molecule has 1 atom stereocenters. The third-order valence-corrected chi connectivity index (χ3v) is 0. The van der Waals surface area contributed by atoms with Crippen LogP contribution in [0, 0.1) is 35.6 Å². The van der Waals surface area contributed by atoms with Crippen LogP contribution in [-0.4, -0.2) is 16.2 Å². The van der Waals surface area contributed by atoms with Crippen LogP contribution in [0.1, 0.15) is 0 Å². The Morgan fingerprint density at radius 1 is 1.40 bits per heavy atom. The Labute approximate surface area is 81.3 Å². The number of hydrogen-bond donors (Lipinski definition) is 0. The van der Waals surface area contributed by atoms with Gasteiger partial charge in [-0.2, -0.15) is 0 Å². The van der Waals surface area contributed by atoms with Crippen LogP contribution in [0.25, 0.3) is 0 Å². The standard InChI is InChI=1S/Al.La.O.H2P.Ti.H/h;;;1H2;;/q;;;-1;+1;. The molecule has 24 valence electrons. The molecule has 5 heavy (non-hydrogen) atoms. The molecule has 0 amide bonds. The molecule has 1 radical (unpaired) electrons. The molecule has 0 fully saturated rings. The van der Waals surface area contributed by atoms with Crippen LogP contribution in [0.15, 0.2) is 0 Å². The van der Waals surface area contributed by atoms with Gasteiger partial charge in [0.15, 0.2) is 0 Å². The maximum absolute atomic E-state index is 8.28. The second kappa shape index (κ2) is 30.1. The predicted molar refractivity (Wildman–Crippen MR) is 17.5 cm³/mol. The molecule has 1 unspecified atom stereocenters. The summed E-state index contributed by atoms with van der Waals surface area (Å²) < 4.78 is 8.28. The topological polar surface area (TPSA) is 17.1 Å². The van der Waals surface area contributed by atoms with Gasteiger partial charge in [0.1, 0.15) is 0 Å². The molecule has 0 heterocycles. The Kier molecular flexibility index (Phi) is 94.1. The van der Waals surface area contributed by atoms with E-state index in [2.05, 4.69) is 7.23 Å². The first-order valence-electron chi connectivity index (χ1n) is 0.577. The molecule has 5 heteroatoms. The summed E-state index contributed by atoms with van der Waals surface area (Å²) in [4.78, 5) is 0. The van der Waals surface area contributed by atoms with Gasteiger partial charge in [0, 0.05) is 35.6 Å². The van der Waals surface area contributed by atoms with Gasteiger partial charge in [-0.05, 0) is 0 Å². The second-order valence-corrected chi connectivity index (χ2v) is 0. The Morgan fingerprint density at radius 2 is 1.40 bits per heavy atom. The average Bonchev–Trinajstić information content (AvgIpc) is 1.50. The van der Waals surface area contributed by atoms with Gasteiger partial charge in [-0.3, -0.25) is 0 Å². The van der Waals surface area contributed by atoms with Gasteiger partial charge in [0.25, 0.3) is 0 Å². The monoisotopic (exact) mass is 264 g/mol. The summed E-state index contributed by atoms with van der Waals surface area (Å²) >= 11 is 2.53. The van der Waals surface area contributed by atoms with E-state index >= 15 is 0 Å². The van der Waals surface area contributed by atoms with Crippen molar-refractivity contribution in [1.82, 2.24) is 0 Å². The summed E-state index contributed by atoms with van der Waals surface area (Å²) in [6.45, 7) is 0. The van der Waals surface area contributed by atoms with Crippen molar-refractivity contribution in [2.24, 2.45) is 0 Å². The van der Waals surface area contributed by atoms with E-state index in [9.17, 15) is 0 Å². The van der Waals surface area contributed by atoms with Gasteiger partial charge >= 0.3 is 47.2 Å². The van der Waals surface area contributed by atoms with Gasteiger partial charge in [0.2, 0.25) is 0 Å². The van der Waals surface area contributed by atoms with Crippen molar-refractivity contribution in [3.8, 4) is 0 Å². The van der Waals surface area contributed by atoms with Crippen LogP contribution in [0.4, 0.5) is 0 Å². The third-order valence-electron chi connectivity index (χ3n) is 0. The quantitative estimate of drug-likeness (QED) is 0.428. The molecular formula is H3AlLaOPTi. The van der Waals surface area contributed by atoms with Crippen LogP contribution >= 0.6 is 7.23 Å². The van der Waals surface area contributed by atoms with Crippen molar-refractivity contribution >= 4 is 23.5 Å². The van der Waals surface area contributed by atoms with E-state index in [1.807, 2.05) is 19.9 Å². The summed E-state index contributed by atoms with van der Waals surface area (Å²) in [5.41, 5.74) is 0. The van der Waals surface area contributed by atoms with Crippen molar-refractivity contribution in [2.75, 3.05) is 0 Å². The molecule has 0 aliphatic heterocycles. The van der Waals surface area contributed by atoms with E-state index in [0.29, 0.717) is 16.2 Å². The van der Waals surface area contributed by atoms with Crippen LogP contribution in [0.5, 0.6) is 0 Å². The van der Waals surface area contributed by atoms with Crippen LogP contribution in [0.2, 0.25) is 0 Å². The summed E-state index contributed by atoms with van der Waals surface area (Å²) in [5, 5.41) is 0. The van der Waals surface area contributed by atoms with Gasteiger partial charge in [-0.25, -0.2) is 0 Å². The van der Waals surface area contributed by atoms with Gasteiger partial charge in [-0.15, -0.1) is 0 Å². The van der Waals surface area contributed by atoms with Gasteiger partial charge < -0.3 is 0 Å². The Bertz CT molecular complexity index is 11.6. The van der Waals surface area contributed by atoms with E-state index in [1.54, 1.807) is 0 Å². The molecule has 0 rings (SSSR count). The first kappa shape index (κ1) is 15.6. The zero-order valence-corrected chi connectivity index (χ0v) is 10.5. The Balaban J connectivity index is -0.0000000133. The molecule has 0 saturated carbocycles. The summed E-state index contributed by atoms with van der Waals surface area (Å²) in [7, 11) is 2.42. The van der Waals surface area contributed by atoms with Crippen molar-refractivity contribution in [3.63, 3.8) is 0 Å². The van der Waals surface area contributed by atoms with Crippen molar-refractivity contribution in [2.45, 2.75) is 0 Å². The Morgan fingerprint density at radius 3 is 1.40 bits per heavy atom. The average molecular weight is 264 g/mol. The zero-order valence-electron chi connectivity index (χ0n) is 2.77. The fourth-order valence-electron chi connectivity index (χ4n) is 0. The van der Waals surface area contributed by atoms with Crippen LogP contribution < -0.4 is 0 Å². The molecule has 0 saturated heterocycles. The molecule has 0 spiro atoms. The third kappa shape index (κ3) is 20.4. The molecule has 0 aromatic rings. The minimum absolute atomic E-state index is 0. The van der Waals surface area contributed by atoms with E-state index in [0.717, 1.165) is 0 Å². The normalized spacial score (nSPS) is 1.40. The van der Waals surface area contributed by atoms with Crippen LogP contribution in [0.3, 0.4) is 0 Å². The van der Waals surface area contributed by atoms with E-state index < -0.39 is 0 Å². The molecule has 0 N–H and O–H groups in total. The first-order valence-corrected chi connectivity index (χ1v) is 4.44. The summed E-state index contributed by atoms with van der Waals surface area (Å²) in [5.74, 6) is 0. The number of hydrogen-bond acceptors (Lipinski definition) is 1. The van der Waals surface area contributed by atoms with Gasteiger partial charge in [-0.1, -0.05) is 0 Å². The minimum atomic E-state index is 0. The van der Waals surface area contributed by atoms with Gasteiger partial charge in [0.05, 0.1) is 0 Å². The molecule has 0 aromatic carbocycles. The molecule has 0 aliphatic carbocycles. The summed E-state index contributed by atoms with van der Waals surface area (Å²) in [6, 6.07) is 0. The van der Waals surface area contributed by atoms with E-state index in [4.69, 9.17) is 3.80 Å². The maximum atomic E-state index is 8.28. The fourth-order valence-corrected chi connectivity index (χ4v) is 0. The predicted octanol–water partition coefficient (Wildman–Crippen LogP) is -0.444. The molecule has 0 aromatic heterocycles. The SMILES string of the molecule is [La].[O]=[AlH].[PH2][Ti]. The van der Waals surface area contributed by atoms with Crippen molar-refractivity contribution in [1.29, 1.82) is 0 Å². The molecule has 1 nitrogen and oxygen atoms in total. The Hall–Kier alpha value is 2.67. The molecule has 0 bridgehead atoms. The van der Waals surface area contributed by atoms with Crippen molar-refractivity contribution < 1.29 is 59.3 Å². The van der Waals surface area contributed by atoms with E-state index in [1.165, 1.54) is 0 Å².